The van der Waals surface area contributed by atoms with Crippen LogP contribution in [0.15, 0.2) is 30.5 Å². The molecule has 2 fully saturated rings. The molecule has 28 heavy (non-hydrogen) atoms. The number of piperazine rings is 1. The van der Waals surface area contributed by atoms with Gasteiger partial charge in [0, 0.05) is 56.9 Å². The number of carbonyl (C=O) groups excluding carboxylic acids is 2. The summed E-state index contributed by atoms with van der Waals surface area (Å²) in [7, 11) is 1.62. The molecular formula is C21H26N4O3. The van der Waals surface area contributed by atoms with E-state index in [1.54, 1.807) is 13.3 Å². The summed E-state index contributed by atoms with van der Waals surface area (Å²) in [6.07, 6.45) is 5.00. The van der Waals surface area contributed by atoms with Crippen LogP contribution in [0.5, 0.6) is 5.75 Å². The molecule has 0 bridgehead atoms. The Balaban J connectivity index is 1.39. The first-order valence-corrected chi connectivity index (χ1v) is 9.92. The molecule has 0 saturated carbocycles. The number of carbonyl (C=O) groups is 2. The quantitative estimate of drug-likeness (QED) is 0.801. The SMILES string of the molecule is COc1ccc2cc(C(=O)N3CCN(C(=O)N4CCCCC4)CC3)cnc2c1. The topological polar surface area (TPSA) is 66.0 Å². The van der Waals surface area contributed by atoms with Gasteiger partial charge >= 0.3 is 6.03 Å². The average molecular weight is 382 g/mol. The Morgan fingerprint density at radius 3 is 2.29 bits per heavy atom. The lowest BCUT2D eigenvalue weighted by atomic mass is 10.1. The largest absolute Gasteiger partial charge is 0.497 e. The number of methoxy groups -OCH3 is 1. The number of likely N-dealkylation sites (tertiary alicyclic amines) is 1. The van der Waals surface area contributed by atoms with Gasteiger partial charge in [-0.25, -0.2) is 4.79 Å². The number of aromatic nitrogens is 1. The van der Waals surface area contributed by atoms with Crippen LogP contribution in [-0.4, -0.2) is 78.0 Å². The van der Waals surface area contributed by atoms with Crippen molar-refractivity contribution in [1.82, 2.24) is 19.7 Å². The van der Waals surface area contributed by atoms with E-state index in [9.17, 15) is 9.59 Å². The van der Waals surface area contributed by atoms with Crippen molar-refractivity contribution in [3.63, 3.8) is 0 Å². The number of fused-ring (bicyclic) bond motifs is 1. The Hall–Kier alpha value is -2.83. The zero-order valence-corrected chi connectivity index (χ0v) is 16.3. The van der Waals surface area contributed by atoms with Crippen LogP contribution in [-0.2, 0) is 0 Å². The Labute approximate surface area is 164 Å². The first-order valence-electron chi connectivity index (χ1n) is 9.92. The van der Waals surface area contributed by atoms with E-state index in [0.717, 1.165) is 42.6 Å². The Bertz CT molecular complexity index is 871. The highest BCUT2D eigenvalue weighted by Crippen LogP contribution is 2.21. The minimum Gasteiger partial charge on any atom is -0.497 e. The molecule has 0 radical (unpaired) electrons. The summed E-state index contributed by atoms with van der Waals surface area (Å²) in [5.74, 6) is 0.712. The van der Waals surface area contributed by atoms with Gasteiger partial charge in [-0.2, -0.15) is 0 Å². The first-order chi connectivity index (χ1) is 13.7. The van der Waals surface area contributed by atoms with Crippen LogP contribution in [0.4, 0.5) is 4.79 Å². The summed E-state index contributed by atoms with van der Waals surface area (Å²) in [5.41, 5.74) is 1.38. The lowest BCUT2D eigenvalue weighted by Crippen LogP contribution is -2.54. The number of benzene rings is 1. The van der Waals surface area contributed by atoms with Crippen molar-refractivity contribution in [2.45, 2.75) is 19.3 Å². The van der Waals surface area contributed by atoms with E-state index < -0.39 is 0 Å². The lowest BCUT2D eigenvalue weighted by molar-refractivity contribution is 0.0633. The molecule has 0 unspecified atom stereocenters. The second-order valence-corrected chi connectivity index (χ2v) is 7.39. The zero-order chi connectivity index (χ0) is 19.5. The second-order valence-electron chi connectivity index (χ2n) is 7.39. The number of hydrogen-bond acceptors (Lipinski definition) is 4. The minimum atomic E-state index is -0.0321. The minimum absolute atomic E-state index is 0.0321. The van der Waals surface area contributed by atoms with E-state index in [4.69, 9.17) is 4.74 Å². The highest BCUT2D eigenvalue weighted by atomic mass is 16.5. The molecule has 2 saturated heterocycles. The van der Waals surface area contributed by atoms with Crippen molar-refractivity contribution in [2.75, 3.05) is 46.4 Å². The van der Waals surface area contributed by atoms with Crippen molar-refractivity contribution in [3.8, 4) is 5.75 Å². The molecule has 2 aliphatic heterocycles. The highest BCUT2D eigenvalue weighted by Gasteiger charge is 2.28. The van der Waals surface area contributed by atoms with E-state index in [1.165, 1.54) is 6.42 Å². The molecule has 2 aliphatic rings. The molecule has 1 aromatic heterocycles. The number of amides is 3. The normalized spacial score (nSPS) is 17.7. The monoisotopic (exact) mass is 382 g/mol. The summed E-state index contributed by atoms with van der Waals surface area (Å²) >= 11 is 0. The maximum absolute atomic E-state index is 12.9. The molecule has 0 aliphatic carbocycles. The van der Waals surface area contributed by atoms with Gasteiger partial charge in [0.25, 0.3) is 5.91 Å². The fraction of sp³-hybridized carbons (Fsp3) is 0.476. The molecule has 2 aromatic rings. The number of hydrogen-bond donors (Lipinski definition) is 0. The smallest absolute Gasteiger partial charge is 0.320 e. The number of urea groups is 1. The summed E-state index contributed by atoms with van der Waals surface area (Å²) in [6.45, 7) is 3.98. The predicted octanol–water partition coefficient (Wildman–Crippen LogP) is 2.61. The predicted molar refractivity (Wildman–Crippen MR) is 107 cm³/mol. The van der Waals surface area contributed by atoms with Crippen molar-refractivity contribution in [1.29, 1.82) is 0 Å². The first kappa shape index (κ1) is 18.5. The molecule has 3 amide bonds. The van der Waals surface area contributed by atoms with Gasteiger partial charge in [-0.05, 0) is 37.5 Å². The third-order valence-corrected chi connectivity index (χ3v) is 5.60. The fourth-order valence-corrected chi connectivity index (χ4v) is 3.91. The molecule has 4 rings (SSSR count). The fourth-order valence-electron chi connectivity index (χ4n) is 3.91. The Kier molecular flexibility index (Phi) is 5.32. The van der Waals surface area contributed by atoms with Crippen molar-refractivity contribution < 1.29 is 14.3 Å². The second kappa shape index (κ2) is 8.04. The number of piperidine rings is 1. The van der Waals surface area contributed by atoms with Gasteiger partial charge in [-0.15, -0.1) is 0 Å². The maximum Gasteiger partial charge on any atom is 0.320 e. The van der Waals surface area contributed by atoms with Gasteiger partial charge in [0.15, 0.2) is 0 Å². The molecule has 0 spiro atoms. The van der Waals surface area contributed by atoms with E-state index in [2.05, 4.69) is 4.98 Å². The maximum atomic E-state index is 12.9. The van der Waals surface area contributed by atoms with Crippen LogP contribution in [0.3, 0.4) is 0 Å². The van der Waals surface area contributed by atoms with Gasteiger partial charge in [0.1, 0.15) is 5.75 Å². The zero-order valence-electron chi connectivity index (χ0n) is 16.3. The average Bonchev–Trinajstić information content (AvgIpc) is 2.78. The number of rotatable bonds is 2. The van der Waals surface area contributed by atoms with Gasteiger partial charge in [-0.1, -0.05) is 0 Å². The third-order valence-electron chi connectivity index (χ3n) is 5.60. The summed E-state index contributed by atoms with van der Waals surface area (Å²) in [6, 6.07) is 7.62. The molecular weight excluding hydrogens is 356 g/mol. The van der Waals surface area contributed by atoms with Crippen LogP contribution >= 0.6 is 0 Å². The Morgan fingerprint density at radius 2 is 1.57 bits per heavy atom. The molecule has 0 N–H and O–H groups in total. The van der Waals surface area contributed by atoms with Gasteiger partial charge in [0.2, 0.25) is 0 Å². The molecule has 148 valence electrons. The van der Waals surface area contributed by atoms with E-state index in [-0.39, 0.29) is 11.9 Å². The molecule has 7 heteroatoms. The summed E-state index contributed by atoms with van der Waals surface area (Å²) in [4.78, 5) is 35.6. The van der Waals surface area contributed by atoms with Crippen LogP contribution < -0.4 is 4.74 Å². The van der Waals surface area contributed by atoms with Gasteiger partial charge in [0.05, 0.1) is 18.2 Å². The standard InChI is InChI=1S/C21H26N4O3/c1-28-18-6-5-16-13-17(15-22-19(16)14-18)20(26)23-9-11-25(12-10-23)21(27)24-7-3-2-4-8-24/h5-6,13-15H,2-4,7-12H2,1H3. The van der Waals surface area contributed by atoms with Crippen LogP contribution in [0.1, 0.15) is 29.6 Å². The van der Waals surface area contributed by atoms with Crippen LogP contribution in [0, 0.1) is 0 Å². The summed E-state index contributed by atoms with van der Waals surface area (Å²) < 4.78 is 5.22. The van der Waals surface area contributed by atoms with E-state index in [1.807, 2.05) is 39.0 Å². The lowest BCUT2D eigenvalue weighted by Gasteiger charge is -2.38. The number of ether oxygens (including phenoxy) is 1. The number of pyridine rings is 1. The van der Waals surface area contributed by atoms with Crippen molar-refractivity contribution in [3.05, 3.63) is 36.0 Å². The Morgan fingerprint density at radius 1 is 0.893 bits per heavy atom. The summed E-state index contributed by atoms with van der Waals surface area (Å²) in [5, 5.41) is 0.908. The van der Waals surface area contributed by atoms with E-state index >= 15 is 0 Å². The van der Waals surface area contributed by atoms with Gasteiger partial charge in [-0.3, -0.25) is 9.78 Å². The van der Waals surface area contributed by atoms with Crippen molar-refractivity contribution >= 4 is 22.8 Å². The molecule has 0 atom stereocenters. The van der Waals surface area contributed by atoms with E-state index in [0.29, 0.717) is 31.7 Å². The van der Waals surface area contributed by atoms with Crippen molar-refractivity contribution in [2.24, 2.45) is 0 Å². The van der Waals surface area contributed by atoms with Gasteiger partial charge < -0.3 is 19.4 Å². The number of nitrogens with zero attached hydrogens (tertiary/aromatic N) is 4. The molecule has 3 heterocycles. The third kappa shape index (κ3) is 3.74. The highest BCUT2D eigenvalue weighted by molar-refractivity contribution is 5.97. The molecule has 7 nitrogen and oxygen atoms in total. The van der Waals surface area contributed by atoms with Crippen LogP contribution in [0.2, 0.25) is 0 Å². The molecule has 1 aromatic carbocycles. The van der Waals surface area contributed by atoms with Crippen LogP contribution in [0.25, 0.3) is 10.9 Å².